The molecule has 1 fully saturated rings. The molecule has 0 spiro atoms. The zero-order chi connectivity index (χ0) is 24.6. The number of nitrogens with zero attached hydrogens (tertiary/aromatic N) is 5. The Labute approximate surface area is 206 Å². The number of para-hydroxylation sites is 2. The van der Waals surface area contributed by atoms with Crippen LogP contribution in [0.15, 0.2) is 60.8 Å². The van der Waals surface area contributed by atoms with Crippen LogP contribution in [0.2, 0.25) is 0 Å². The molecule has 0 saturated carbocycles. The van der Waals surface area contributed by atoms with Gasteiger partial charge < -0.3 is 14.5 Å². The van der Waals surface area contributed by atoms with Gasteiger partial charge in [-0.05, 0) is 35.9 Å². The number of aromatic nitrogens is 2. The number of hydrogen-bond donors (Lipinski definition) is 0. The van der Waals surface area contributed by atoms with E-state index in [9.17, 15) is 10.1 Å². The van der Waals surface area contributed by atoms with Crippen molar-refractivity contribution >= 4 is 28.9 Å². The van der Waals surface area contributed by atoms with Crippen LogP contribution in [0.25, 0.3) is 17.1 Å². The molecule has 1 saturated heterocycles. The van der Waals surface area contributed by atoms with Crippen LogP contribution >= 0.6 is 0 Å². The van der Waals surface area contributed by atoms with Gasteiger partial charge in [-0.1, -0.05) is 62.7 Å². The quantitative estimate of drug-likeness (QED) is 0.445. The predicted molar refractivity (Wildman–Crippen MR) is 138 cm³/mol. The van der Waals surface area contributed by atoms with Crippen LogP contribution in [0.1, 0.15) is 37.4 Å². The van der Waals surface area contributed by atoms with Gasteiger partial charge in [0, 0.05) is 26.2 Å². The number of benzene rings is 2. The van der Waals surface area contributed by atoms with Crippen molar-refractivity contribution < 1.29 is 9.53 Å². The minimum atomic E-state index is -1.12. The Kier molecular flexibility index (Phi) is 7.94. The molecular weight excluding hydrogens is 438 g/mol. The molecule has 1 aliphatic heterocycles. The van der Waals surface area contributed by atoms with Gasteiger partial charge in [-0.3, -0.25) is 4.79 Å². The normalized spacial score (nSPS) is 15.7. The minimum Gasteiger partial charge on any atom is -0.464 e. The monoisotopic (exact) mass is 469 g/mol. The van der Waals surface area contributed by atoms with Crippen LogP contribution in [-0.2, 0) is 9.53 Å². The number of carbonyl (C=O) groups excluding carboxylic acids is 1. The molecule has 0 N–H and O–H groups in total. The van der Waals surface area contributed by atoms with E-state index < -0.39 is 11.9 Å². The lowest BCUT2D eigenvalue weighted by atomic mass is 10.1. The van der Waals surface area contributed by atoms with Gasteiger partial charge >= 0.3 is 5.97 Å². The second-order valence-electron chi connectivity index (χ2n) is 8.88. The summed E-state index contributed by atoms with van der Waals surface area (Å²) in [5.74, 6) is -0.870. The van der Waals surface area contributed by atoms with Crippen LogP contribution in [0, 0.1) is 17.2 Å². The third-order valence-corrected chi connectivity index (χ3v) is 6.31. The zero-order valence-corrected chi connectivity index (χ0v) is 20.3. The Morgan fingerprint density at radius 3 is 2.37 bits per heavy atom. The summed E-state index contributed by atoms with van der Waals surface area (Å²) in [6.07, 6.45) is 5.12. The van der Waals surface area contributed by atoms with Gasteiger partial charge in [-0.15, -0.1) is 0 Å². The maximum Gasteiger partial charge on any atom is 0.329 e. The summed E-state index contributed by atoms with van der Waals surface area (Å²) < 4.78 is 5.48. The van der Waals surface area contributed by atoms with Gasteiger partial charge in [-0.2, -0.15) is 5.26 Å². The number of ether oxygens (including phenoxy) is 1. The number of esters is 1. The Bertz CT molecular complexity index is 1210. The highest BCUT2D eigenvalue weighted by molar-refractivity contribution is 5.85. The van der Waals surface area contributed by atoms with Gasteiger partial charge in [-0.25, -0.2) is 9.97 Å². The highest BCUT2D eigenvalue weighted by Gasteiger charge is 2.31. The summed E-state index contributed by atoms with van der Waals surface area (Å²) in [5, 5.41) is 9.93. The SMILES string of the molecule is CC[C@H](C)COC(=O)[C@@H](C#N)c1nc2ccccc2nc1N1CCN(/C=C/c2ccccc2)CC1. The Hall–Kier alpha value is -3.92. The molecule has 1 aromatic heterocycles. The Morgan fingerprint density at radius 2 is 1.71 bits per heavy atom. The summed E-state index contributed by atoms with van der Waals surface area (Å²) in [6.45, 7) is 7.36. The molecule has 0 bridgehead atoms. The number of piperazine rings is 1. The highest BCUT2D eigenvalue weighted by atomic mass is 16.5. The van der Waals surface area contributed by atoms with Crippen molar-refractivity contribution in [2.24, 2.45) is 5.92 Å². The van der Waals surface area contributed by atoms with Crippen molar-refractivity contribution in [2.45, 2.75) is 26.2 Å². The number of anilines is 1. The van der Waals surface area contributed by atoms with Crippen molar-refractivity contribution in [2.75, 3.05) is 37.7 Å². The lowest BCUT2D eigenvalue weighted by Gasteiger charge is -2.35. The molecule has 2 atom stereocenters. The molecule has 7 nitrogen and oxygen atoms in total. The number of fused-ring (bicyclic) bond motifs is 1. The van der Waals surface area contributed by atoms with E-state index in [0.29, 0.717) is 30.1 Å². The van der Waals surface area contributed by atoms with E-state index in [-0.39, 0.29) is 12.5 Å². The first kappa shape index (κ1) is 24.2. The molecule has 1 aliphatic rings. The third-order valence-electron chi connectivity index (χ3n) is 6.31. The lowest BCUT2D eigenvalue weighted by molar-refractivity contribution is -0.145. The molecule has 7 heteroatoms. The average Bonchev–Trinajstić information content (AvgIpc) is 2.91. The molecule has 2 heterocycles. The average molecular weight is 470 g/mol. The molecular formula is C28H31N5O2. The van der Waals surface area contributed by atoms with Crippen molar-refractivity contribution in [1.82, 2.24) is 14.9 Å². The topological polar surface area (TPSA) is 82.3 Å². The zero-order valence-electron chi connectivity index (χ0n) is 20.3. The van der Waals surface area contributed by atoms with Crippen LogP contribution in [0.4, 0.5) is 5.82 Å². The molecule has 180 valence electrons. The maximum absolute atomic E-state index is 12.9. The smallest absolute Gasteiger partial charge is 0.329 e. The molecule has 4 rings (SSSR count). The lowest BCUT2D eigenvalue weighted by Crippen LogP contribution is -2.45. The van der Waals surface area contributed by atoms with Crippen LogP contribution in [-0.4, -0.2) is 53.6 Å². The van der Waals surface area contributed by atoms with Gasteiger partial charge in [0.15, 0.2) is 11.7 Å². The van der Waals surface area contributed by atoms with E-state index in [4.69, 9.17) is 14.7 Å². The van der Waals surface area contributed by atoms with E-state index in [1.54, 1.807) is 0 Å². The number of nitriles is 1. The second-order valence-corrected chi connectivity index (χ2v) is 8.88. The predicted octanol–water partition coefficient (Wildman–Crippen LogP) is 4.62. The fourth-order valence-corrected chi connectivity index (χ4v) is 3.92. The van der Waals surface area contributed by atoms with E-state index in [2.05, 4.69) is 40.3 Å². The van der Waals surface area contributed by atoms with Crippen LogP contribution < -0.4 is 4.90 Å². The number of carbonyl (C=O) groups is 1. The summed E-state index contributed by atoms with van der Waals surface area (Å²) in [7, 11) is 0. The first-order chi connectivity index (χ1) is 17.1. The second kappa shape index (κ2) is 11.5. The number of rotatable bonds is 8. The van der Waals surface area contributed by atoms with Gasteiger partial charge in [0.05, 0.1) is 23.7 Å². The largest absolute Gasteiger partial charge is 0.464 e. The van der Waals surface area contributed by atoms with E-state index in [1.807, 2.05) is 56.3 Å². The van der Waals surface area contributed by atoms with Crippen molar-refractivity contribution in [3.63, 3.8) is 0 Å². The molecule has 3 aromatic rings. The maximum atomic E-state index is 12.9. The van der Waals surface area contributed by atoms with Gasteiger partial charge in [0.2, 0.25) is 0 Å². The molecule has 0 radical (unpaired) electrons. The van der Waals surface area contributed by atoms with E-state index in [0.717, 1.165) is 30.6 Å². The third kappa shape index (κ3) is 5.96. The summed E-state index contributed by atoms with van der Waals surface area (Å²) >= 11 is 0. The molecule has 0 unspecified atom stereocenters. The van der Waals surface area contributed by atoms with Gasteiger partial charge in [0.25, 0.3) is 0 Å². The van der Waals surface area contributed by atoms with E-state index >= 15 is 0 Å². The van der Waals surface area contributed by atoms with Crippen molar-refractivity contribution in [3.05, 3.63) is 72.1 Å². The fraction of sp³-hybridized carbons (Fsp3) is 0.357. The Morgan fingerprint density at radius 1 is 1.06 bits per heavy atom. The van der Waals surface area contributed by atoms with E-state index in [1.165, 1.54) is 0 Å². The summed E-state index contributed by atoms with van der Waals surface area (Å²) in [5.41, 5.74) is 2.92. The minimum absolute atomic E-state index is 0.234. The fourth-order valence-electron chi connectivity index (χ4n) is 3.92. The van der Waals surface area contributed by atoms with Crippen LogP contribution in [0.3, 0.4) is 0 Å². The summed E-state index contributed by atoms with van der Waals surface area (Å²) in [6, 6.07) is 19.9. The number of hydrogen-bond acceptors (Lipinski definition) is 7. The highest BCUT2D eigenvalue weighted by Crippen LogP contribution is 2.29. The van der Waals surface area contributed by atoms with Crippen molar-refractivity contribution in [1.29, 1.82) is 5.26 Å². The van der Waals surface area contributed by atoms with Gasteiger partial charge in [0.1, 0.15) is 5.69 Å². The summed E-state index contributed by atoms with van der Waals surface area (Å²) in [4.78, 5) is 26.9. The molecule has 0 aliphatic carbocycles. The van der Waals surface area contributed by atoms with Crippen LogP contribution in [0.5, 0.6) is 0 Å². The molecule has 0 amide bonds. The first-order valence-electron chi connectivity index (χ1n) is 12.1. The molecule has 2 aromatic carbocycles. The standard InChI is InChI=1S/C28H31N5O2/c1-3-21(2)20-35-28(34)23(19-29)26-27(31-25-12-8-7-11-24(25)30-26)33-17-15-32(16-18-33)14-13-22-9-5-4-6-10-22/h4-14,21,23H,3,15-18,20H2,1-2H3/b14-13+/t21-,23-/m0/s1. The first-order valence-corrected chi connectivity index (χ1v) is 12.1. The van der Waals surface area contributed by atoms with Crippen molar-refractivity contribution in [3.8, 4) is 6.07 Å². The Balaban J connectivity index is 1.56. The molecule has 35 heavy (non-hydrogen) atoms.